The first kappa shape index (κ1) is 22.3. The van der Waals surface area contributed by atoms with Crippen molar-refractivity contribution in [3.63, 3.8) is 0 Å². The van der Waals surface area contributed by atoms with Crippen molar-refractivity contribution in [1.82, 2.24) is 14.3 Å². The van der Waals surface area contributed by atoms with Crippen molar-refractivity contribution in [3.8, 4) is 11.4 Å². The number of carbonyl (C=O) groups is 1. The van der Waals surface area contributed by atoms with E-state index >= 15 is 0 Å². The molecule has 2 aromatic carbocycles. The number of pyridine rings is 1. The van der Waals surface area contributed by atoms with E-state index in [0.29, 0.717) is 27.1 Å². The lowest BCUT2D eigenvalue weighted by molar-refractivity contribution is -0.122. The zero-order chi connectivity index (χ0) is 23.0. The molecule has 0 saturated carbocycles. The summed E-state index contributed by atoms with van der Waals surface area (Å²) in [4.78, 5) is 30.4. The number of rotatable bonds is 5. The van der Waals surface area contributed by atoms with Crippen LogP contribution in [0.1, 0.15) is 12.6 Å². The number of anilines is 1. The monoisotopic (exact) mass is 558 g/mol. The van der Waals surface area contributed by atoms with Gasteiger partial charge in [-0.25, -0.2) is 4.68 Å². The minimum Gasteiger partial charge on any atom is -0.477 e. The van der Waals surface area contributed by atoms with Crippen LogP contribution < -0.4 is 15.6 Å². The number of ether oxygens (including phenoxy) is 1. The maximum Gasteiger partial charge on any atom is 0.295 e. The van der Waals surface area contributed by atoms with Gasteiger partial charge in [-0.3, -0.25) is 19.3 Å². The fourth-order valence-corrected chi connectivity index (χ4v) is 4.79. The highest BCUT2D eigenvalue weighted by atomic mass is 79.9. The molecular weight excluding hydrogens is 540 g/mol. The Morgan fingerprint density at radius 1 is 1.12 bits per heavy atom. The fourth-order valence-electron chi connectivity index (χ4n) is 3.43. The molecule has 1 N–H and O–H groups in total. The van der Waals surface area contributed by atoms with Crippen LogP contribution >= 0.6 is 31.9 Å². The molecule has 164 valence electrons. The Morgan fingerprint density at radius 3 is 2.56 bits per heavy atom. The molecule has 1 atom stereocenters. The van der Waals surface area contributed by atoms with E-state index in [4.69, 9.17) is 4.74 Å². The lowest BCUT2D eigenvalue weighted by Crippen LogP contribution is -2.32. The molecule has 32 heavy (non-hydrogen) atoms. The van der Waals surface area contributed by atoms with Gasteiger partial charge in [-0.1, -0.05) is 40.2 Å². The number of benzene rings is 2. The van der Waals surface area contributed by atoms with E-state index in [9.17, 15) is 9.59 Å². The number of carbonyl (C=O) groups excluding carboxylic acids is 1. The Hall–Kier alpha value is -2.91. The summed E-state index contributed by atoms with van der Waals surface area (Å²) in [6, 6.07) is 14.9. The van der Waals surface area contributed by atoms with Gasteiger partial charge in [0, 0.05) is 23.1 Å². The van der Waals surface area contributed by atoms with Gasteiger partial charge in [-0.05, 0) is 54.0 Å². The summed E-state index contributed by atoms with van der Waals surface area (Å²) in [7, 11) is 1.77. The van der Waals surface area contributed by atoms with Crippen LogP contribution in [0.2, 0.25) is 0 Å². The number of nitrogens with one attached hydrogen (secondary N) is 1. The Balaban J connectivity index is 1.63. The molecule has 2 heterocycles. The smallest absolute Gasteiger partial charge is 0.295 e. The minimum absolute atomic E-state index is 0.217. The molecule has 9 heteroatoms. The minimum atomic E-state index is -0.873. The van der Waals surface area contributed by atoms with Crippen LogP contribution in [0.4, 0.5) is 5.69 Å². The van der Waals surface area contributed by atoms with E-state index in [2.05, 4.69) is 42.2 Å². The van der Waals surface area contributed by atoms with Crippen LogP contribution in [0.15, 0.2) is 68.5 Å². The summed E-state index contributed by atoms with van der Waals surface area (Å²) in [6.07, 6.45) is 0.792. The number of para-hydroxylation sites is 1. The number of nitrogens with zero attached hydrogens (tertiary/aromatic N) is 3. The highest BCUT2D eigenvalue weighted by molar-refractivity contribution is 9.11. The third-order valence-electron chi connectivity index (χ3n) is 5.22. The molecule has 0 fully saturated rings. The first-order valence-electron chi connectivity index (χ1n) is 9.84. The number of halogens is 2. The molecule has 4 aromatic rings. The van der Waals surface area contributed by atoms with Crippen LogP contribution in [-0.4, -0.2) is 26.4 Å². The van der Waals surface area contributed by atoms with E-state index in [0.717, 1.165) is 9.86 Å². The topological polar surface area (TPSA) is 78.2 Å². The van der Waals surface area contributed by atoms with Gasteiger partial charge in [0.05, 0.1) is 15.9 Å². The predicted octanol–water partition coefficient (Wildman–Crippen LogP) is 4.96. The molecule has 7 nitrogen and oxygen atoms in total. The van der Waals surface area contributed by atoms with Gasteiger partial charge in [0.25, 0.3) is 11.5 Å². The van der Waals surface area contributed by atoms with E-state index < -0.39 is 12.0 Å². The van der Waals surface area contributed by atoms with Crippen molar-refractivity contribution in [2.75, 3.05) is 5.32 Å². The quantitative estimate of drug-likeness (QED) is 0.375. The van der Waals surface area contributed by atoms with Crippen LogP contribution in [-0.2, 0) is 11.8 Å². The molecule has 2 aromatic heterocycles. The Bertz CT molecular complexity index is 1380. The van der Waals surface area contributed by atoms with E-state index in [1.54, 1.807) is 31.8 Å². The third-order valence-corrected chi connectivity index (χ3v) is 6.46. The van der Waals surface area contributed by atoms with Crippen LogP contribution in [0.5, 0.6) is 5.75 Å². The second-order valence-corrected chi connectivity index (χ2v) is 8.96. The molecule has 0 bridgehead atoms. The van der Waals surface area contributed by atoms with Gasteiger partial charge < -0.3 is 10.1 Å². The van der Waals surface area contributed by atoms with Gasteiger partial charge in [0.1, 0.15) is 11.2 Å². The highest BCUT2D eigenvalue weighted by Crippen LogP contribution is 2.37. The SMILES string of the molecule is Cc1c(NC(=O)[C@@H](C)Oc2c(Br)cc(Br)c3cccnc23)c(=O)n(-c2ccccc2)n1C. The summed E-state index contributed by atoms with van der Waals surface area (Å²) in [6.45, 7) is 3.41. The number of hydrogen-bond donors (Lipinski definition) is 1. The lowest BCUT2D eigenvalue weighted by Gasteiger charge is -2.17. The maximum atomic E-state index is 13.1. The second kappa shape index (κ2) is 8.91. The average molecular weight is 560 g/mol. The molecule has 1 amide bonds. The molecule has 0 aliphatic heterocycles. The molecule has 0 aliphatic carbocycles. The normalized spacial score (nSPS) is 12.0. The van der Waals surface area contributed by atoms with Crippen LogP contribution in [0, 0.1) is 6.92 Å². The van der Waals surface area contributed by atoms with Crippen molar-refractivity contribution in [1.29, 1.82) is 0 Å². The lowest BCUT2D eigenvalue weighted by atomic mass is 10.2. The zero-order valence-corrected chi connectivity index (χ0v) is 20.8. The van der Waals surface area contributed by atoms with Crippen molar-refractivity contribution < 1.29 is 9.53 Å². The summed E-state index contributed by atoms with van der Waals surface area (Å²) >= 11 is 7.01. The summed E-state index contributed by atoms with van der Waals surface area (Å²) in [5.41, 5.74) is 1.87. The van der Waals surface area contributed by atoms with E-state index in [1.807, 2.05) is 48.5 Å². The number of fused-ring (bicyclic) bond motifs is 1. The predicted molar refractivity (Wildman–Crippen MR) is 132 cm³/mol. The first-order valence-corrected chi connectivity index (χ1v) is 11.4. The van der Waals surface area contributed by atoms with Gasteiger partial charge >= 0.3 is 0 Å². The standard InChI is InChI=1S/C23H20Br2N4O3/c1-13-19(23(31)29(28(13)3)15-8-5-4-6-9-15)27-22(30)14(2)32-21-18(25)12-17(24)16-10-7-11-26-20(16)21/h4-12,14H,1-3H3,(H,27,30)/t14-/m1/s1. The maximum absolute atomic E-state index is 13.1. The highest BCUT2D eigenvalue weighted by Gasteiger charge is 2.23. The largest absolute Gasteiger partial charge is 0.477 e. The fraction of sp³-hybridized carbons (Fsp3) is 0.174. The molecule has 0 saturated heterocycles. The first-order chi connectivity index (χ1) is 15.3. The van der Waals surface area contributed by atoms with Crippen molar-refractivity contribution in [2.24, 2.45) is 7.05 Å². The molecule has 4 rings (SSSR count). The van der Waals surface area contributed by atoms with Crippen molar-refractivity contribution in [3.05, 3.63) is 79.7 Å². The molecular formula is C23H20Br2N4O3. The Morgan fingerprint density at radius 2 is 1.84 bits per heavy atom. The summed E-state index contributed by atoms with van der Waals surface area (Å²) in [5.74, 6) is 0.0211. The van der Waals surface area contributed by atoms with Gasteiger partial charge in [0.15, 0.2) is 11.9 Å². The Labute approximate surface area is 201 Å². The number of amides is 1. The summed E-state index contributed by atoms with van der Waals surface area (Å²) in [5, 5.41) is 3.61. The molecule has 0 aliphatic rings. The van der Waals surface area contributed by atoms with Crippen molar-refractivity contribution >= 4 is 54.4 Å². The average Bonchev–Trinajstić information content (AvgIpc) is 3.00. The van der Waals surface area contributed by atoms with Gasteiger partial charge in [-0.2, -0.15) is 0 Å². The van der Waals surface area contributed by atoms with Gasteiger partial charge in [0.2, 0.25) is 0 Å². The second-order valence-electron chi connectivity index (χ2n) is 7.25. The molecule has 0 spiro atoms. The zero-order valence-electron chi connectivity index (χ0n) is 17.6. The molecule has 0 unspecified atom stereocenters. The number of hydrogen-bond acceptors (Lipinski definition) is 4. The number of aromatic nitrogens is 3. The van der Waals surface area contributed by atoms with Gasteiger partial charge in [-0.15, -0.1) is 0 Å². The third kappa shape index (κ3) is 3.98. The van der Waals surface area contributed by atoms with Crippen LogP contribution in [0.3, 0.4) is 0 Å². The van der Waals surface area contributed by atoms with Crippen molar-refractivity contribution in [2.45, 2.75) is 20.0 Å². The van der Waals surface area contributed by atoms with E-state index in [1.165, 1.54) is 4.68 Å². The summed E-state index contributed by atoms with van der Waals surface area (Å²) < 4.78 is 10.7. The van der Waals surface area contributed by atoms with Crippen LogP contribution in [0.25, 0.3) is 16.6 Å². The molecule has 0 radical (unpaired) electrons. The Kier molecular flexibility index (Phi) is 6.21. The van der Waals surface area contributed by atoms with E-state index in [-0.39, 0.29) is 11.2 Å².